The average Bonchev–Trinajstić information content (AvgIpc) is 2.17. The highest BCUT2D eigenvalue weighted by atomic mass is 32.2. The number of hydrogen-bond acceptors (Lipinski definition) is 4. The van der Waals surface area contributed by atoms with Gasteiger partial charge >= 0.3 is 0 Å². The van der Waals surface area contributed by atoms with Gasteiger partial charge < -0.3 is 15.5 Å². The third-order valence-electron chi connectivity index (χ3n) is 2.55. The van der Waals surface area contributed by atoms with E-state index in [1.807, 2.05) is 11.2 Å². The van der Waals surface area contributed by atoms with Gasteiger partial charge in [0, 0.05) is 26.2 Å². The lowest BCUT2D eigenvalue weighted by molar-refractivity contribution is -0.132. The summed E-state index contributed by atoms with van der Waals surface area (Å²) < 4.78 is 0. The maximum absolute atomic E-state index is 11.7. The van der Waals surface area contributed by atoms with Crippen LogP contribution in [0.5, 0.6) is 0 Å². The van der Waals surface area contributed by atoms with Gasteiger partial charge in [-0.25, -0.2) is 0 Å². The highest BCUT2D eigenvalue weighted by molar-refractivity contribution is 7.99. The van der Waals surface area contributed by atoms with Crippen molar-refractivity contribution in [2.24, 2.45) is 5.73 Å². The highest BCUT2D eigenvalue weighted by Gasteiger charge is 2.27. The zero-order valence-electron chi connectivity index (χ0n) is 8.90. The molecule has 82 valence electrons. The summed E-state index contributed by atoms with van der Waals surface area (Å²) in [5.41, 5.74) is 5.66. The molecule has 1 rings (SSSR count). The van der Waals surface area contributed by atoms with E-state index in [4.69, 9.17) is 5.73 Å². The Morgan fingerprint density at radius 1 is 1.57 bits per heavy atom. The summed E-state index contributed by atoms with van der Waals surface area (Å²) in [5.74, 6) is 0.793. The Balaban J connectivity index is 2.53. The average molecular weight is 217 g/mol. The first kappa shape index (κ1) is 11.8. The van der Waals surface area contributed by atoms with E-state index < -0.39 is 0 Å². The van der Waals surface area contributed by atoms with Crippen molar-refractivity contribution < 1.29 is 4.79 Å². The Hall–Kier alpha value is -0.260. The predicted octanol–water partition coefficient (Wildman–Crippen LogP) is -0.549. The molecule has 0 aromatic carbocycles. The molecule has 1 saturated heterocycles. The van der Waals surface area contributed by atoms with E-state index in [2.05, 4.69) is 11.9 Å². The zero-order chi connectivity index (χ0) is 10.6. The first-order valence-electron chi connectivity index (χ1n) is 4.86. The van der Waals surface area contributed by atoms with Gasteiger partial charge in [-0.1, -0.05) is 0 Å². The number of rotatable bonds is 3. The molecule has 14 heavy (non-hydrogen) atoms. The van der Waals surface area contributed by atoms with Crippen molar-refractivity contribution >= 4 is 17.7 Å². The van der Waals surface area contributed by atoms with Crippen molar-refractivity contribution in [3.63, 3.8) is 0 Å². The maximum atomic E-state index is 11.7. The normalized spacial score (nSPS) is 23.9. The summed E-state index contributed by atoms with van der Waals surface area (Å²) in [6.45, 7) is 3.23. The first-order valence-corrected chi connectivity index (χ1v) is 6.25. The lowest BCUT2D eigenvalue weighted by Crippen LogP contribution is -2.57. The van der Waals surface area contributed by atoms with Gasteiger partial charge in [-0.2, -0.15) is 11.8 Å². The van der Waals surface area contributed by atoms with Crippen LogP contribution in [-0.4, -0.2) is 67.0 Å². The molecule has 0 spiro atoms. The van der Waals surface area contributed by atoms with Crippen LogP contribution in [-0.2, 0) is 4.79 Å². The van der Waals surface area contributed by atoms with Crippen molar-refractivity contribution in [3.8, 4) is 0 Å². The third kappa shape index (κ3) is 2.87. The van der Waals surface area contributed by atoms with Crippen LogP contribution in [0.25, 0.3) is 0 Å². The highest BCUT2D eigenvalue weighted by Crippen LogP contribution is 2.09. The van der Waals surface area contributed by atoms with Gasteiger partial charge in [-0.3, -0.25) is 4.79 Å². The van der Waals surface area contributed by atoms with E-state index in [-0.39, 0.29) is 11.9 Å². The fraction of sp³-hybridized carbons (Fsp3) is 0.889. The second-order valence-corrected chi connectivity index (χ2v) is 4.54. The molecule has 1 amide bonds. The molecule has 0 radical (unpaired) electrons. The molecule has 1 fully saturated rings. The smallest absolute Gasteiger partial charge is 0.232 e. The van der Waals surface area contributed by atoms with E-state index in [1.54, 1.807) is 11.8 Å². The van der Waals surface area contributed by atoms with Crippen LogP contribution >= 0.6 is 11.8 Å². The number of piperazine rings is 1. The molecular weight excluding hydrogens is 198 g/mol. The molecule has 1 unspecified atom stereocenters. The van der Waals surface area contributed by atoms with Crippen molar-refractivity contribution in [2.45, 2.75) is 6.04 Å². The molecule has 0 aromatic rings. The lowest BCUT2D eigenvalue weighted by Gasteiger charge is -2.39. The van der Waals surface area contributed by atoms with Crippen LogP contribution in [0.15, 0.2) is 0 Å². The van der Waals surface area contributed by atoms with Gasteiger partial charge in [0.1, 0.15) is 0 Å². The van der Waals surface area contributed by atoms with Gasteiger partial charge in [0.2, 0.25) is 5.91 Å². The summed E-state index contributed by atoms with van der Waals surface area (Å²) in [5, 5.41) is 0. The van der Waals surface area contributed by atoms with Crippen molar-refractivity contribution in [1.29, 1.82) is 0 Å². The van der Waals surface area contributed by atoms with Gasteiger partial charge in [0.25, 0.3) is 0 Å². The van der Waals surface area contributed by atoms with Crippen LogP contribution < -0.4 is 5.73 Å². The molecule has 0 aromatic heterocycles. The largest absolute Gasteiger partial charge is 0.335 e. The van der Waals surface area contributed by atoms with Gasteiger partial charge in [-0.15, -0.1) is 0 Å². The maximum Gasteiger partial charge on any atom is 0.232 e. The van der Waals surface area contributed by atoms with E-state index in [0.29, 0.717) is 12.3 Å². The monoisotopic (exact) mass is 217 g/mol. The second-order valence-electron chi connectivity index (χ2n) is 3.67. The topological polar surface area (TPSA) is 49.6 Å². The number of nitrogens with two attached hydrogens (primary N) is 1. The number of thioether (sulfide) groups is 1. The molecule has 1 aliphatic rings. The Bertz CT molecular complexity index is 200. The molecule has 5 heteroatoms. The molecule has 0 saturated carbocycles. The molecule has 2 N–H and O–H groups in total. The minimum Gasteiger partial charge on any atom is -0.335 e. The minimum atomic E-state index is 0.202. The summed E-state index contributed by atoms with van der Waals surface area (Å²) in [6, 6.07) is 0.202. The fourth-order valence-electron chi connectivity index (χ4n) is 1.75. The zero-order valence-corrected chi connectivity index (χ0v) is 9.72. The number of likely N-dealkylation sites (N-methyl/N-ethyl adjacent to an activating group) is 1. The van der Waals surface area contributed by atoms with Crippen molar-refractivity contribution in [1.82, 2.24) is 9.80 Å². The van der Waals surface area contributed by atoms with Gasteiger partial charge in [0.15, 0.2) is 0 Å². The molecule has 0 aliphatic carbocycles. The fourth-order valence-corrected chi connectivity index (χ4v) is 2.16. The Labute approximate surface area is 89.8 Å². The van der Waals surface area contributed by atoms with Crippen LogP contribution in [0.3, 0.4) is 0 Å². The number of carbonyl (C=O) groups excluding carboxylic acids is 1. The van der Waals surface area contributed by atoms with Crippen molar-refractivity contribution in [3.05, 3.63) is 0 Å². The second kappa shape index (κ2) is 5.58. The third-order valence-corrected chi connectivity index (χ3v) is 3.08. The molecule has 4 nitrogen and oxygen atoms in total. The van der Waals surface area contributed by atoms with E-state index in [0.717, 1.165) is 19.6 Å². The van der Waals surface area contributed by atoms with Crippen LogP contribution in [0.2, 0.25) is 0 Å². The number of amides is 1. The molecule has 1 atom stereocenters. The first-order chi connectivity index (χ1) is 6.69. The van der Waals surface area contributed by atoms with Crippen LogP contribution in [0, 0.1) is 0 Å². The summed E-state index contributed by atoms with van der Waals surface area (Å²) in [4.78, 5) is 15.9. The predicted molar refractivity (Wildman–Crippen MR) is 60.4 cm³/mol. The van der Waals surface area contributed by atoms with E-state index in [9.17, 15) is 4.79 Å². The summed E-state index contributed by atoms with van der Waals surface area (Å²) in [7, 11) is 2.07. The van der Waals surface area contributed by atoms with Gasteiger partial charge in [0.05, 0.1) is 11.8 Å². The van der Waals surface area contributed by atoms with Crippen LogP contribution in [0.1, 0.15) is 0 Å². The summed E-state index contributed by atoms with van der Waals surface area (Å²) in [6.07, 6.45) is 1.95. The SMILES string of the molecule is CSCC(=O)N1CCN(C)CC1CN. The summed E-state index contributed by atoms with van der Waals surface area (Å²) >= 11 is 1.57. The van der Waals surface area contributed by atoms with E-state index >= 15 is 0 Å². The standard InChI is InChI=1S/C9H19N3OS/c1-11-3-4-12(8(5-10)6-11)9(13)7-14-2/h8H,3-7,10H2,1-2H3. The Morgan fingerprint density at radius 3 is 2.86 bits per heavy atom. The number of nitrogens with zero attached hydrogens (tertiary/aromatic N) is 2. The minimum absolute atomic E-state index is 0.202. The molecule has 1 aliphatic heterocycles. The number of carbonyl (C=O) groups is 1. The molecule has 0 bridgehead atoms. The van der Waals surface area contributed by atoms with E-state index in [1.165, 1.54) is 0 Å². The van der Waals surface area contributed by atoms with Crippen LogP contribution in [0.4, 0.5) is 0 Å². The molecule has 1 heterocycles. The lowest BCUT2D eigenvalue weighted by atomic mass is 10.2. The molecular formula is C9H19N3OS. The number of hydrogen-bond donors (Lipinski definition) is 1. The van der Waals surface area contributed by atoms with Crippen molar-refractivity contribution in [2.75, 3.05) is 45.2 Å². The quantitative estimate of drug-likeness (QED) is 0.689. The Kier molecular flexibility index (Phi) is 4.71. The Morgan fingerprint density at radius 2 is 2.29 bits per heavy atom. The van der Waals surface area contributed by atoms with Gasteiger partial charge in [-0.05, 0) is 13.3 Å².